The Morgan fingerprint density at radius 1 is 0.276 bits per heavy atom. The lowest BCUT2D eigenvalue weighted by molar-refractivity contribution is -0.167. The molecule has 0 aliphatic heterocycles. The molecular formula is C70H118O6. The zero-order chi connectivity index (χ0) is 55.0. The molecule has 0 aliphatic rings. The van der Waals surface area contributed by atoms with Crippen molar-refractivity contribution in [3.8, 4) is 0 Å². The van der Waals surface area contributed by atoms with E-state index in [4.69, 9.17) is 14.2 Å². The van der Waals surface area contributed by atoms with Crippen molar-refractivity contribution in [1.82, 2.24) is 0 Å². The predicted octanol–water partition coefficient (Wildman–Crippen LogP) is 21.8. The van der Waals surface area contributed by atoms with Gasteiger partial charge in [-0.25, -0.2) is 0 Å². The molecule has 0 aromatic heterocycles. The van der Waals surface area contributed by atoms with Crippen LogP contribution in [0.25, 0.3) is 0 Å². The van der Waals surface area contributed by atoms with Crippen molar-refractivity contribution < 1.29 is 28.6 Å². The summed E-state index contributed by atoms with van der Waals surface area (Å²) in [4.78, 5) is 38.3. The first-order valence-electron chi connectivity index (χ1n) is 31.9. The summed E-state index contributed by atoms with van der Waals surface area (Å²) in [5, 5.41) is 0. The van der Waals surface area contributed by atoms with Crippen LogP contribution in [0.15, 0.2) is 109 Å². The van der Waals surface area contributed by atoms with Gasteiger partial charge in [0.1, 0.15) is 13.2 Å². The van der Waals surface area contributed by atoms with E-state index in [-0.39, 0.29) is 31.1 Å². The Morgan fingerprint density at radius 2 is 0.513 bits per heavy atom. The van der Waals surface area contributed by atoms with Crippen molar-refractivity contribution in [2.75, 3.05) is 13.2 Å². The minimum atomic E-state index is -0.801. The summed E-state index contributed by atoms with van der Waals surface area (Å²) in [6.45, 7) is 6.50. The fourth-order valence-electron chi connectivity index (χ4n) is 8.71. The van der Waals surface area contributed by atoms with E-state index >= 15 is 0 Å². The van der Waals surface area contributed by atoms with Crippen LogP contribution < -0.4 is 0 Å². The Kier molecular flexibility index (Phi) is 60.3. The largest absolute Gasteiger partial charge is 0.462 e. The first kappa shape index (κ1) is 72.1. The second kappa shape index (κ2) is 63.6. The smallest absolute Gasteiger partial charge is 0.306 e. The number of esters is 3. The van der Waals surface area contributed by atoms with E-state index in [1.807, 2.05) is 0 Å². The second-order valence-corrected chi connectivity index (χ2v) is 20.9. The Balaban J connectivity index is 4.45. The number of ether oxygens (including phenoxy) is 3. The molecule has 0 aromatic carbocycles. The first-order chi connectivity index (χ1) is 37.5. The summed E-state index contributed by atoms with van der Waals surface area (Å²) in [5.74, 6) is -0.934. The standard InChI is InChI=1S/C70H118O6/c1-4-7-10-13-16-19-22-25-28-31-32-33-34-35-36-37-38-40-42-45-48-51-54-57-60-63-69(72)75-66-67(65-74-68(71)62-59-56-53-50-47-44-41-30-27-24-21-18-15-12-9-6-3)76-70(73)64-61-58-55-52-49-46-43-39-29-26-23-20-17-14-11-8-5-2/h7,10,16,19,25-26,28-30,32-33,35-36,38,40-41,45,48,67H,4-6,8-9,11-15,17-18,20-24,27,31,34,37,39,42-44,46-47,49-66H2,1-3H3/b10-7-,19-16-,28-25-,29-26-,33-32-,36-35-,40-38-,41-30-,48-45-. The van der Waals surface area contributed by atoms with Gasteiger partial charge < -0.3 is 14.2 Å². The molecule has 434 valence electrons. The summed E-state index contributed by atoms with van der Waals surface area (Å²) < 4.78 is 16.9. The molecule has 0 aliphatic carbocycles. The molecule has 6 heteroatoms. The number of hydrogen-bond donors (Lipinski definition) is 0. The molecule has 0 N–H and O–H groups in total. The molecule has 0 fully saturated rings. The molecular weight excluding hydrogens is 937 g/mol. The van der Waals surface area contributed by atoms with Gasteiger partial charge in [-0.3, -0.25) is 14.4 Å². The molecule has 0 saturated heterocycles. The molecule has 0 heterocycles. The third kappa shape index (κ3) is 60.9. The van der Waals surface area contributed by atoms with Crippen molar-refractivity contribution >= 4 is 17.9 Å². The average Bonchev–Trinajstić information content (AvgIpc) is 3.42. The summed E-state index contributed by atoms with van der Waals surface area (Å²) in [5.41, 5.74) is 0. The minimum absolute atomic E-state index is 0.0951. The molecule has 6 nitrogen and oxygen atoms in total. The Hall–Kier alpha value is -3.93. The normalized spacial score (nSPS) is 12.8. The molecule has 0 spiro atoms. The molecule has 0 radical (unpaired) electrons. The van der Waals surface area contributed by atoms with Crippen molar-refractivity contribution in [3.63, 3.8) is 0 Å². The van der Waals surface area contributed by atoms with Gasteiger partial charge in [-0.05, 0) is 128 Å². The maximum absolute atomic E-state index is 12.9. The van der Waals surface area contributed by atoms with Crippen LogP contribution in [0.4, 0.5) is 0 Å². The quantitative estimate of drug-likeness (QED) is 0.0261. The zero-order valence-electron chi connectivity index (χ0n) is 49.7. The molecule has 76 heavy (non-hydrogen) atoms. The summed E-state index contributed by atoms with van der Waals surface area (Å²) in [6.07, 6.45) is 86.6. The number of hydrogen-bond acceptors (Lipinski definition) is 6. The zero-order valence-corrected chi connectivity index (χ0v) is 49.7. The number of carbonyl (C=O) groups excluding carboxylic acids is 3. The van der Waals surface area contributed by atoms with Crippen LogP contribution in [0.1, 0.15) is 297 Å². The average molecular weight is 1060 g/mol. The highest BCUT2D eigenvalue weighted by molar-refractivity contribution is 5.71. The molecule has 0 aromatic rings. The van der Waals surface area contributed by atoms with Gasteiger partial charge in [0.25, 0.3) is 0 Å². The second-order valence-electron chi connectivity index (χ2n) is 20.9. The van der Waals surface area contributed by atoms with E-state index in [2.05, 4.69) is 130 Å². The predicted molar refractivity (Wildman–Crippen MR) is 330 cm³/mol. The van der Waals surface area contributed by atoms with Crippen molar-refractivity contribution in [2.24, 2.45) is 0 Å². The third-order valence-corrected chi connectivity index (χ3v) is 13.5. The lowest BCUT2D eigenvalue weighted by Crippen LogP contribution is -2.30. The minimum Gasteiger partial charge on any atom is -0.462 e. The first-order valence-corrected chi connectivity index (χ1v) is 31.9. The Morgan fingerprint density at radius 3 is 0.829 bits per heavy atom. The highest BCUT2D eigenvalue weighted by Crippen LogP contribution is 2.15. The lowest BCUT2D eigenvalue weighted by atomic mass is 10.1. The van der Waals surface area contributed by atoms with E-state index < -0.39 is 6.10 Å². The van der Waals surface area contributed by atoms with Gasteiger partial charge in [0.05, 0.1) is 0 Å². The van der Waals surface area contributed by atoms with Gasteiger partial charge >= 0.3 is 17.9 Å². The fourth-order valence-corrected chi connectivity index (χ4v) is 8.71. The third-order valence-electron chi connectivity index (χ3n) is 13.5. The Bertz CT molecular complexity index is 1540. The maximum atomic E-state index is 12.9. The van der Waals surface area contributed by atoms with Crippen molar-refractivity contribution in [2.45, 2.75) is 303 Å². The SMILES string of the molecule is CC/C=C\C/C=C\C/C=C\C/C=C\C/C=C\C/C=C\C/C=C\CCCCCC(=O)OCC(COC(=O)CCCCCCC/C=C\CCCCCCCCC)OC(=O)CCCCCCCCC/C=C\CCCCCCCC. The van der Waals surface area contributed by atoms with Crippen LogP contribution >= 0.6 is 0 Å². The van der Waals surface area contributed by atoms with Crippen LogP contribution in [-0.2, 0) is 28.6 Å². The molecule has 0 bridgehead atoms. The highest BCUT2D eigenvalue weighted by atomic mass is 16.6. The molecule has 0 amide bonds. The van der Waals surface area contributed by atoms with E-state index in [0.717, 1.165) is 116 Å². The summed E-state index contributed by atoms with van der Waals surface area (Å²) in [7, 11) is 0. The van der Waals surface area contributed by atoms with Crippen LogP contribution in [0, 0.1) is 0 Å². The van der Waals surface area contributed by atoms with Crippen LogP contribution in [0.2, 0.25) is 0 Å². The summed E-state index contributed by atoms with van der Waals surface area (Å²) >= 11 is 0. The number of allylic oxidation sites excluding steroid dienone is 18. The van der Waals surface area contributed by atoms with Crippen LogP contribution in [-0.4, -0.2) is 37.2 Å². The van der Waals surface area contributed by atoms with E-state index in [9.17, 15) is 14.4 Å². The van der Waals surface area contributed by atoms with E-state index in [0.29, 0.717) is 19.3 Å². The Labute approximate surface area is 470 Å². The van der Waals surface area contributed by atoms with Crippen LogP contribution in [0.5, 0.6) is 0 Å². The van der Waals surface area contributed by atoms with Gasteiger partial charge in [0, 0.05) is 19.3 Å². The van der Waals surface area contributed by atoms with Crippen molar-refractivity contribution in [1.29, 1.82) is 0 Å². The highest BCUT2D eigenvalue weighted by Gasteiger charge is 2.19. The van der Waals surface area contributed by atoms with E-state index in [1.165, 1.54) is 141 Å². The molecule has 0 saturated carbocycles. The van der Waals surface area contributed by atoms with Gasteiger partial charge in [0.15, 0.2) is 6.10 Å². The molecule has 0 rings (SSSR count). The maximum Gasteiger partial charge on any atom is 0.306 e. The number of rotatable bonds is 57. The number of carbonyl (C=O) groups is 3. The van der Waals surface area contributed by atoms with Gasteiger partial charge in [-0.1, -0.05) is 259 Å². The van der Waals surface area contributed by atoms with Crippen LogP contribution in [0.3, 0.4) is 0 Å². The van der Waals surface area contributed by atoms with Gasteiger partial charge in [-0.15, -0.1) is 0 Å². The molecule has 1 atom stereocenters. The summed E-state index contributed by atoms with van der Waals surface area (Å²) in [6, 6.07) is 0. The topological polar surface area (TPSA) is 78.9 Å². The monoisotopic (exact) mass is 1050 g/mol. The van der Waals surface area contributed by atoms with Gasteiger partial charge in [0.2, 0.25) is 0 Å². The molecule has 1 unspecified atom stereocenters. The van der Waals surface area contributed by atoms with E-state index in [1.54, 1.807) is 0 Å². The van der Waals surface area contributed by atoms with Gasteiger partial charge in [-0.2, -0.15) is 0 Å². The fraction of sp³-hybridized carbons (Fsp3) is 0.700. The number of unbranched alkanes of at least 4 members (excludes halogenated alkanes) is 28. The lowest BCUT2D eigenvalue weighted by Gasteiger charge is -2.18. The van der Waals surface area contributed by atoms with Crippen molar-refractivity contribution in [3.05, 3.63) is 109 Å².